The minimum atomic E-state index is 0.668. The van der Waals surface area contributed by atoms with E-state index in [9.17, 15) is 0 Å². The molecule has 4 aliphatic carbocycles. The first-order valence-electron chi connectivity index (χ1n) is 5.84. The van der Waals surface area contributed by atoms with Gasteiger partial charge in [-0.3, -0.25) is 0 Å². The van der Waals surface area contributed by atoms with Crippen LogP contribution in [0.25, 0.3) is 0 Å². The third-order valence-electron chi connectivity index (χ3n) is 6.03. The molecule has 4 saturated carbocycles. The zero-order chi connectivity index (χ0) is 9.27. The molecule has 4 fully saturated rings. The predicted octanol–water partition coefficient (Wildman–Crippen LogP) is 2.41. The van der Waals surface area contributed by atoms with Crippen molar-refractivity contribution >= 4 is 0 Å². The molecule has 1 nitrogen and oxygen atoms in total. The molecule has 3 unspecified atom stereocenters. The van der Waals surface area contributed by atoms with Crippen LogP contribution >= 0.6 is 0 Å². The van der Waals surface area contributed by atoms with Crippen LogP contribution in [-0.4, -0.2) is 6.54 Å². The summed E-state index contributed by atoms with van der Waals surface area (Å²) in [6, 6.07) is 0. The Morgan fingerprint density at radius 1 is 1.23 bits per heavy atom. The Balaban J connectivity index is 1.84. The van der Waals surface area contributed by atoms with Gasteiger partial charge in [-0.15, -0.1) is 0 Å². The van der Waals surface area contributed by atoms with Crippen LogP contribution in [0, 0.1) is 28.6 Å². The Kier molecular flexibility index (Phi) is 1.36. The Labute approximate surface area is 81.1 Å². The van der Waals surface area contributed by atoms with Gasteiger partial charge in [0.15, 0.2) is 0 Å². The maximum atomic E-state index is 5.63. The fraction of sp³-hybridized carbons (Fsp3) is 1.00. The normalized spacial score (nSPS) is 61.6. The van der Waals surface area contributed by atoms with Crippen molar-refractivity contribution in [1.29, 1.82) is 0 Å². The highest BCUT2D eigenvalue weighted by molar-refractivity contribution is 5.28. The molecular formula is C12H21N. The SMILES string of the molecule is CC1(CCCN)C2CC3C(C2)C31C. The second-order valence-corrected chi connectivity index (χ2v) is 5.97. The zero-order valence-electron chi connectivity index (χ0n) is 8.84. The van der Waals surface area contributed by atoms with Gasteiger partial charge in [-0.2, -0.15) is 0 Å². The Morgan fingerprint density at radius 2 is 1.85 bits per heavy atom. The summed E-state index contributed by atoms with van der Waals surface area (Å²) in [5.41, 5.74) is 7.04. The monoisotopic (exact) mass is 179 g/mol. The van der Waals surface area contributed by atoms with E-state index >= 15 is 0 Å². The minimum absolute atomic E-state index is 0.668. The van der Waals surface area contributed by atoms with Crippen LogP contribution in [0.15, 0.2) is 0 Å². The minimum Gasteiger partial charge on any atom is -0.330 e. The van der Waals surface area contributed by atoms with Crippen molar-refractivity contribution in [3.8, 4) is 0 Å². The summed E-state index contributed by atoms with van der Waals surface area (Å²) in [5, 5.41) is 0. The molecule has 0 heterocycles. The summed E-state index contributed by atoms with van der Waals surface area (Å²) in [7, 11) is 0. The molecule has 1 heteroatoms. The lowest BCUT2D eigenvalue weighted by Crippen LogP contribution is -2.27. The molecule has 0 radical (unpaired) electrons. The van der Waals surface area contributed by atoms with Crippen LogP contribution in [0.1, 0.15) is 39.5 Å². The molecule has 0 amide bonds. The van der Waals surface area contributed by atoms with Crippen LogP contribution in [-0.2, 0) is 0 Å². The van der Waals surface area contributed by atoms with Crippen molar-refractivity contribution in [1.82, 2.24) is 0 Å². The molecule has 0 aliphatic heterocycles. The van der Waals surface area contributed by atoms with Crippen LogP contribution in [0.3, 0.4) is 0 Å². The van der Waals surface area contributed by atoms with Crippen LogP contribution in [0.2, 0.25) is 0 Å². The number of nitrogens with two attached hydrogens (primary N) is 1. The molecule has 3 atom stereocenters. The van der Waals surface area contributed by atoms with Crippen molar-refractivity contribution in [2.24, 2.45) is 34.3 Å². The second kappa shape index (κ2) is 2.13. The largest absolute Gasteiger partial charge is 0.330 e. The van der Waals surface area contributed by atoms with E-state index in [-0.39, 0.29) is 0 Å². The molecule has 0 aromatic heterocycles. The number of hydrogen-bond donors (Lipinski definition) is 1. The third-order valence-corrected chi connectivity index (χ3v) is 6.03. The average molecular weight is 179 g/mol. The maximum Gasteiger partial charge on any atom is -0.00771 e. The van der Waals surface area contributed by atoms with Crippen LogP contribution in [0.5, 0.6) is 0 Å². The summed E-state index contributed by atoms with van der Waals surface area (Å²) < 4.78 is 0. The summed E-state index contributed by atoms with van der Waals surface area (Å²) >= 11 is 0. The van der Waals surface area contributed by atoms with E-state index in [1.807, 2.05) is 0 Å². The van der Waals surface area contributed by atoms with Gasteiger partial charge in [0.1, 0.15) is 0 Å². The van der Waals surface area contributed by atoms with Gasteiger partial charge in [-0.1, -0.05) is 13.8 Å². The lowest BCUT2D eigenvalue weighted by Gasteiger charge is -2.34. The molecule has 2 N–H and O–H groups in total. The quantitative estimate of drug-likeness (QED) is 0.707. The van der Waals surface area contributed by atoms with Gasteiger partial charge in [-0.05, 0) is 60.8 Å². The van der Waals surface area contributed by atoms with Gasteiger partial charge >= 0.3 is 0 Å². The highest BCUT2D eigenvalue weighted by Gasteiger charge is 2.80. The van der Waals surface area contributed by atoms with Gasteiger partial charge in [0, 0.05) is 0 Å². The number of rotatable bonds is 3. The highest BCUT2D eigenvalue weighted by atomic mass is 14.8. The van der Waals surface area contributed by atoms with E-state index in [1.165, 1.54) is 12.8 Å². The van der Waals surface area contributed by atoms with Gasteiger partial charge < -0.3 is 5.73 Å². The van der Waals surface area contributed by atoms with E-state index in [4.69, 9.17) is 5.73 Å². The summed E-state index contributed by atoms with van der Waals surface area (Å²) in [6.45, 7) is 5.97. The van der Waals surface area contributed by atoms with Crippen LogP contribution in [0.4, 0.5) is 0 Å². The zero-order valence-corrected chi connectivity index (χ0v) is 8.84. The summed E-state index contributed by atoms with van der Waals surface area (Å²) in [6.07, 6.45) is 5.71. The summed E-state index contributed by atoms with van der Waals surface area (Å²) in [5.74, 6) is 3.28. The number of hydrogen-bond acceptors (Lipinski definition) is 1. The molecular weight excluding hydrogens is 158 g/mol. The lowest BCUT2D eigenvalue weighted by atomic mass is 9.71. The molecule has 74 valence electrons. The molecule has 0 aromatic rings. The van der Waals surface area contributed by atoms with E-state index < -0.39 is 0 Å². The molecule has 4 aliphatic rings. The van der Waals surface area contributed by atoms with Crippen molar-refractivity contribution < 1.29 is 0 Å². The average Bonchev–Trinajstić information content (AvgIpc) is 2.54. The van der Waals surface area contributed by atoms with Crippen molar-refractivity contribution in [3.05, 3.63) is 0 Å². The first-order valence-corrected chi connectivity index (χ1v) is 5.84. The molecule has 0 spiro atoms. The first kappa shape index (κ1) is 8.28. The molecule has 0 aromatic carbocycles. The van der Waals surface area contributed by atoms with Crippen LogP contribution < -0.4 is 5.73 Å². The Bertz CT molecular complexity index is 236. The molecule has 4 bridgehead atoms. The van der Waals surface area contributed by atoms with Crippen molar-refractivity contribution in [2.45, 2.75) is 39.5 Å². The van der Waals surface area contributed by atoms with E-state index in [0.717, 1.165) is 29.7 Å². The van der Waals surface area contributed by atoms with Gasteiger partial charge in [-0.25, -0.2) is 0 Å². The first-order chi connectivity index (χ1) is 6.14. The predicted molar refractivity (Wildman–Crippen MR) is 54.2 cm³/mol. The van der Waals surface area contributed by atoms with E-state index in [0.29, 0.717) is 5.41 Å². The molecule has 13 heavy (non-hydrogen) atoms. The van der Waals surface area contributed by atoms with Crippen molar-refractivity contribution in [3.63, 3.8) is 0 Å². The fourth-order valence-electron chi connectivity index (χ4n) is 4.98. The van der Waals surface area contributed by atoms with Crippen molar-refractivity contribution in [2.75, 3.05) is 6.54 Å². The highest BCUT2D eigenvalue weighted by Crippen LogP contribution is 2.86. The van der Waals surface area contributed by atoms with Gasteiger partial charge in [0.05, 0.1) is 0 Å². The molecule has 4 rings (SSSR count). The van der Waals surface area contributed by atoms with E-state index in [2.05, 4.69) is 13.8 Å². The fourth-order valence-corrected chi connectivity index (χ4v) is 4.98. The lowest BCUT2D eigenvalue weighted by molar-refractivity contribution is 0.150. The standard InChI is InChI=1S/C12H21N/c1-11(4-3-5-13)8-6-9-10(7-8)12(9,11)2/h8-10H,3-7,13H2,1-2H3. The summed E-state index contributed by atoms with van der Waals surface area (Å²) in [4.78, 5) is 0. The maximum absolute atomic E-state index is 5.63. The Morgan fingerprint density at radius 3 is 2.23 bits per heavy atom. The topological polar surface area (TPSA) is 26.0 Å². The van der Waals surface area contributed by atoms with E-state index in [1.54, 1.807) is 12.8 Å². The molecule has 0 saturated heterocycles. The Hall–Kier alpha value is -0.0400. The second-order valence-electron chi connectivity index (χ2n) is 5.97. The van der Waals surface area contributed by atoms with Gasteiger partial charge in [0.2, 0.25) is 0 Å². The van der Waals surface area contributed by atoms with Gasteiger partial charge in [0.25, 0.3) is 0 Å². The third kappa shape index (κ3) is 0.674. The smallest absolute Gasteiger partial charge is 0.00771 e.